The van der Waals surface area contributed by atoms with Crippen molar-refractivity contribution in [3.05, 3.63) is 264 Å². The fourth-order valence-electron chi connectivity index (χ4n) is 12.2. The lowest BCUT2D eigenvalue weighted by Crippen LogP contribution is -2.26. The number of fused-ring (bicyclic) bond motifs is 16. The Morgan fingerprint density at radius 3 is 1.52 bits per heavy atom. The molecular formula is C64H44N2S. The molecule has 0 fully saturated rings. The highest BCUT2D eigenvalue weighted by molar-refractivity contribution is 7.26. The van der Waals surface area contributed by atoms with E-state index in [-0.39, 0.29) is 5.41 Å². The molecule has 0 aliphatic heterocycles. The molecule has 0 saturated carbocycles. The van der Waals surface area contributed by atoms with Crippen LogP contribution in [-0.2, 0) is 10.8 Å². The third-order valence-electron chi connectivity index (χ3n) is 15.1. The van der Waals surface area contributed by atoms with E-state index in [0.29, 0.717) is 0 Å². The molecule has 1 spiro atoms. The largest absolute Gasteiger partial charge is 0.310 e. The van der Waals surface area contributed by atoms with Crippen LogP contribution in [0.4, 0.5) is 34.1 Å². The van der Waals surface area contributed by atoms with Crippen LogP contribution in [0.25, 0.3) is 53.6 Å². The molecule has 1 atom stereocenters. The van der Waals surface area contributed by atoms with Crippen LogP contribution in [-0.4, -0.2) is 0 Å². The SMILES string of the molecule is CC1(C)c2ccccc2-c2ccc(N(c3ccccc3)c3cccc4c3-c3ccccc3C43c4ccccc4-c4ccc(N(c5ccccc5)c5cccc6c5sc5ccccc56)cc43)cc21. The molecule has 3 aliphatic carbocycles. The minimum Gasteiger partial charge on any atom is -0.310 e. The van der Waals surface area contributed by atoms with Crippen LogP contribution in [0.2, 0.25) is 0 Å². The number of hydrogen-bond donors (Lipinski definition) is 0. The smallest absolute Gasteiger partial charge is 0.0727 e. The summed E-state index contributed by atoms with van der Waals surface area (Å²) < 4.78 is 2.58. The highest BCUT2D eigenvalue weighted by Gasteiger charge is 2.53. The predicted octanol–water partition coefficient (Wildman–Crippen LogP) is 17.6. The van der Waals surface area contributed by atoms with Crippen molar-refractivity contribution in [1.29, 1.82) is 0 Å². The summed E-state index contributed by atoms with van der Waals surface area (Å²) in [5.74, 6) is 0. The summed E-state index contributed by atoms with van der Waals surface area (Å²) in [6, 6.07) is 86.2. The molecule has 0 saturated heterocycles. The fourth-order valence-corrected chi connectivity index (χ4v) is 13.4. The summed E-state index contributed by atoms with van der Waals surface area (Å²) in [5, 5.41) is 2.59. The lowest BCUT2D eigenvalue weighted by Gasteiger charge is -2.33. The van der Waals surface area contributed by atoms with Gasteiger partial charge in [-0.15, -0.1) is 11.3 Å². The third-order valence-corrected chi connectivity index (χ3v) is 16.3. The molecular weight excluding hydrogens is 829 g/mol. The molecule has 11 aromatic rings. The Balaban J connectivity index is 1.02. The molecule has 2 nitrogen and oxygen atoms in total. The van der Waals surface area contributed by atoms with Crippen molar-refractivity contribution >= 4 is 65.6 Å². The molecule has 3 aliphatic rings. The van der Waals surface area contributed by atoms with Gasteiger partial charge in [0, 0.05) is 49.2 Å². The number of nitrogens with zero attached hydrogens (tertiary/aromatic N) is 2. The second-order valence-corrected chi connectivity index (χ2v) is 19.8. The van der Waals surface area contributed by atoms with E-state index in [1.807, 2.05) is 11.3 Å². The Hall–Kier alpha value is -7.98. The topological polar surface area (TPSA) is 6.48 Å². The van der Waals surface area contributed by atoms with Gasteiger partial charge in [-0.05, 0) is 128 Å². The maximum absolute atomic E-state index is 2.52. The molecule has 316 valence electrons. The average Bonchev–Trinajstić information content (AvgIpc) is 4.07. The van der Waals surface area contributed by atoms with Gasteiger partial charge in [0.25, 0.3) is 0 Å². The zero-order valence-corrected chi connectivity index (χ0v) is 38.1. The quantitative estimate of drug-likeness (QED) is 0.164. The van der Waals surface area contributed by atoms with Crippen molar-refractivity contribution in [2.75, 3.05) is 9.80 Å². The highest BCUT2D eigenvalue weighted by Crippen LogP contribution is 2.65. The van der Waals surface area contributed by atoms with E-state index in [1.165, 1.54) is 98.3 Å². The molecule has 3 heteroatoms. The Bertz CT molecular complexity index is 3810. The molecule has 1 unspecified atom stereocenters. The number of rotatable bonds is 6. The van der Waals surface area contributed by atoms with Crippen LogP contribution in [0.3, 0.4) is 0 Å². The van der Waals surface area contributed by atoms with E-state index in [2.05, 4.69) is 254 Å². The monoisotopic (exact) mass is 872 g/mol. The van der Waals surface area contributed by atoms with Crippen LogP contribution < -0.4 is 9.80 Å². The Labute approximate surface area is 395 Å². The Morgan fingerprint density at radius 2 is 0.806 bits per heavy atom. The van der Waals surface area contributed by atoms with Gasteiger partial charge in [0.1, 0.15) is 0 Å². The second kappa shape index (κ2) is 14.3. The van der Waals surface area contributed by atoms with E-state index in [4.69, 9.17) is 0 Å². The summed E-state index contributed by atoms with van der Waals surface area (Å²) in [5.41, 5.74) is 22.0. The molecule has 10 aromatic carbocycles. The van der Waals surface area contributed by atoms with Gasteiger partial charge >= 0.3 is 0 Å². The van der Waals surface area contributed by atoms with Gasteiger partial charge in [0.05, 0.1) is 21.5 Å². The lowest BCUT2D eigenvalue weighted by atomic mass is 9.70. The number of para-hydroxylation sites is 2. The van der Waals surface area contributed by atoms with E-state index in [9.17, 15) is 0 Å². The van der Waals surface area contributed by atoms with Crippen molar-refractivity contribution in [2.24, 2.45) is 0 Å². The fraction of sp³-hybridized carbons (Fsp3) is 0.0625. The van der Waals surface area contributed by atoms with Crippen molar-refractivity contribution < 1.29 is 0 Å². The minimum absolute atomic E-state index is 0.134. The molecule has 0 amide bonds. The normalized spacial score (nSPS) is 15.5. The summed E-state index contributed by atoms with van der Waals surface area (Å²) in [7, 11) is 0. The van der Waals surface area contributed by atoms with Crippen molar-refractivity contribution in [3.8, 4) is 33.4 Å². The number of anilines is 6. The van der Waals surface area contributed by atoms with Crippen molar-refractivity contribution in [2.45, 2.75) is 24.7 Å². The zero-order valence-electron chi connectivity index (χ0n) is 37.2. The number of hydrogen-bond acceptors (Lipinski definition) is 3. The Kier molecular flexibility index (Phi) is 8.15. The molecule has 14 rings (SSSR count). The van der Waals surface area contributed by atoms with E-state index >= 15 is 0 Å². The first-order valence-electron chi connectivity index (χ1n) is 23.3. The predicted molar refractivity (Wildman–Crippen MR) is 283 cm³/mol. The first-order chi connectivity index (χ1) is 33.0. The van der Waals surface area contributed by atoms with E-state index in [0.717, 1.165) is 22.7 Å². The average molecular weight is 873 g/mol. The van der Waals surface area contributed by atoms with Gasteiger partial charge in [-0.3, -0.25) is 0 Å². The van der Waals surface area contributed by atoms with Crippen LogP contribution in [0.5, 0.6) is 0 Å². The summed E-state index contributed by atoms with van der Waals surface area (Å²) in [4.78, 5) is 4.99. The molecule has 67 heavy (non-hydrogen) atoms. The van der Waals surface area contributed by atoms with Crippen molar-refractivity contribution in [1.82, 2.24) is 0 Å². The maximum atomic E-state index is 2.52. The zero-order chi connectivity index (χ0) is 44.4. The van der Waals surface area contributed by atoms with Crippen LogP contribution in [0, 0.1) is 0 Å². The van der Waals surface area contributed by atoms with Gasteiger partial charge in [-0.2, -0.15) is 0 Å². The highest BCUT2D eigenvalue weighted by atomic mass is 32.1. The molecule has 1 aromatic heterocycles. The van der Waals surface area contributed by atoms with Crippen LogP contribution in [0.15, 0.2) is 231 Å². The summed E-state index contributed by atoms with van der Waals surface area (Å²) in [6.07, 6.45) is 0. The second-order valence-electron chi connectivity index (χ2n) is 18.8. The van der Waals surface area contributed by atoms with Crippen LogP contribution >= 0.6 is 11.3 Å². The molecule has 0 radical (unpaired) electrons. The van der Waals surface area contributed by atoms with E-state index in [1.54, 1.807) is 0 Å². The van der Waals surface area contributed by atoms with Gasteiger partial charge in [0.2, 0.25) is 0 Å². The van der Waals surface area contributed by atoms with Gasteiger partial charge in [0.15, 0.2) is 0 Å². The van der Waals surface area contributed by atoms with Gasteiger partial charge in [-0.1, -0.05) is 178 Å². The minimum atomic E-state index is -0.570. The van der Waals surface area contributed by atoms with Crippen LogP contribution in [0.1, 0.15) is 47.2 Å². The van der Waals surface area contributed by atoms with Gasteiger partial charge < -0.3 is 9.80 Å². The molecule has 0 bridgehead atoms. The third kappa shape index (κ3) is 5.26. The van der Waals surface area contributed by atoms with Crippen molar-refractivity contribution in [3.63, 3.8) is 0 Å². The molecule has 0 N–H and O–H groups in total. The molecule has 1 heterocycles. The van der Waals surface area contributed by atoms with E-state index < -0.39 is 5.41 Å². The summed E-state index contributed by atoms with van der Waals surface area (Å²) >= 11 is 1.88. The number of thiophene rings is 1. The number of benzene rings is 10. The first-order valence-corrected chi connectivity index (χ1v) is 24.2. The standard InChI is InChI=1S/C64H44N2S/c1-63(2)52-28-13-9-23-45(52)47-37-35-43(39-56(47)63)65(41-19-5-3-6-20-41)58-32-18-31-55-61(58)51-26-11-15-30-54(51)64(55)53-29-14-10-24-46(53)48-38-36-44(40-57(48)64)66(42-21-7-4-8-22-42)59-33-17-27-50-49-25-12-16-34-60(49)67-62(50)59/h3-40H,1-2H3. The van der Waals surface area contributed by atoms with Gasteiger partial charge in [-0.25, -0.2) is 0 Å². The first kappa shape index (κ1) is 38.3. The lowest BCUT2D eigenvalue weighted by molar-refractivity contribution is 0.660. The maximum Gasteiger partial charge on any atom is 0.0727 e. The Morgan fingerprint density at radius 1 is 0.328 bits per heavy atom. The summed E-state index contributed by atoms with van der Waals surface area (Å²) in [6.45, 7) is 4.75.